The molecular formula is C25H43NO2. The van der Waals surface area contributed by atoms with Gasteiger partial charge in [0, 0.05) is 6.54 Å². The highest BCUT2D eigenvalue weighted by Crippen LogP contribution is 2.17. The number of carbonyl (C=O) groups excluding carboxylic acids is 1. The van der Waals surface area contributed by atoms with Gasteiger partial charge in [0.05, 0.1) is 12.2 Å². The third-order valence-electron chi connectivity index (χ3n) is 5.25. The summed E-state index contributed by atoms with van der Waals surface area (Å²) in [6.45, 7) is 5.53. The van der Waals surface area contributed by atoms with Crippen LogP contribution in [0.5, 0.6) is 5.75 Å². The quantitative estimate of drug-likeness (QED) is 0.268. The van der Waals surface area contributed by atoms with Gasteiger partial charge >= 0.3 is 0 Å². The average Bonchev–Trinajstić information content (AvgIpc) is 2.71. The normalized spacial score (nSPS) is 10.8. The average molecular weight is 390 g/mol. The van der Waals surface area contributed by atoms with Gasteiger partial charge in [-0.1, -0.05) is 103 Å². The number of amides is 1. The summed E-state index contributed by atoms with van der Waals surface area (Å²) >= 11 is 0. The molecular weight excluding hydrogens is 346 g/mol. The number of benzene rings is 1. The first-order valence-corrected chi connectivity index (χ1v) is 11.8. The van der Waals surface area contributed by atoms with E-state index in [9.17, 15) is 4.79 Å². The third kappa shape index (κ3) is 12.0. The second kappa shape index (κ2) is 17.6. The molecule has 0 aromatic heterocycles. The lowest BCUT2D eigenvalue weighted by Gasteiger charge is -2.10. The number of para-hydroxylation sites is 1. The Hall–Kier alpha value is -1.51. The number of carbonyl (C=O) groups is 1. The van der Waals surface area contributed by atoms with Crippen LogP contribution >= 0.6 is 0 Å². The maximum absolute atomic E-state index is 12.3. The van der Waals surface area contributed by atoms with E-state index in [1.165, 1.54) is 83.5 Å². The first-order chi connectivity index (χ1) is 13.8. The number of hydrogen-bond donors (Lipinski definition) is 1. The second-order valence-electron chi connectivity index (χ2n) is 7.78. The SMILES string of the molecule is CCCCCCCCCCCCCCCCNC(=O)c1ccccc1OCC. The standard InChI is InChI=1S/C25H43NO2/c1-3-5-6-7-8-9-10-11-12-13-14-15-16-19-22-26-25(27)23-20-17-18-21-24(23)28-4-2/h17-18,20-21H,3-16,19,22H2,1-2H3,(H,26,27). The van der Waals surface area contributed by atoms with E-state index in [0.29, 0.717) is 17.9 Å². The zero-order valence-corrected chi connectivity index (χ0v) is 18.4. The van der Waals surface area contributed by atoms with Crippen LogP contribution in [0, 0.1) is 0 Å². The van der Waals surface area contributed by atoms with Crippen molar-refractivity contribution in [3.63, 3.8) is 0 Å². The molecule has 0 unspecified atom stereocenters. The van der Waals surface area contributed by atoms with Crippen LogP contribution in [0.15, 0.2) is 24.3 Å². The van der Waals surface area contributed by atoms with Crippen molar-refractivity contribution in [1.29, 1.82) is 0 Å². The molecule has 0 aliphatic carbocycles. The highest BCUT2D eigenvalue weighted by atomic mass is 16.5. The molecule has 0 radical (unpaired) electrons. The summed E-state index contributed by atoms with van der Waals surface area (Å²) in [6, 6.07) is 7.45. The minimum atomic E-state index is -0.0289. The van der Waals surface area contributed by atoms with Gasteiger partial charge in [0.1, 0.15) is 5.75 Å². The molecule has 0 aliphatic rings. The van der Waals surface area contributed by atoms with Crippen molar-refractivity contribution in [2.75, 3.05) is 13.2 Å². The van der Waals surface area contributed by atoms with Crippen molar-refractivity contribution in [2.45, 2.75) is 104 Å². The summed E-state index contributed by atoms with van der Waals surface area (Å²) in [4.78, 5) is 12.3. The molecule has 0 heterocycles. The molecule has 3 nitrogen and oxygen atoms in total. The van der Waals surface area contributed by atoms with Crippen molar-refractivity contribution in [3.05, 3.63) is 29.8 Å². The number of nitrogens with one attached hydrogen (secondary N) is 1. The summed E-state index contributed by atoms with van der Waals surface area (Å²) < 4.78 is 5.53. The van der Waals surface area contributed by atoms with Crippen molar-refractivity contribution < 1.29 is 9.53 Å². The van der Waals surface area contributed by atoms with E-state index in [4.69, 9.17) is 4.74 Å². The van der Waals surface area contributed by atoms with Crippen LogP contribution in [0.2, 0.25) is 0 Å². The van der Waals surface area contributed by atoms with Crippen LogP contribution in [0.3, 0.4) is 0 Å². The van der Waals surface area contributed by atoms with Gasteiger partial charge in [0.2, 0.25) is 0 Å². The Kier molecular flexibility index (Phi) is 15.4. The van der Waals surface area contributed by atoms with Gasteiger partial charge in [0.15, 0.2) is 0 Å². The summed E-state index contributed by atoms with van der Waals surface area (Å²) in [5.74, 6) is 0.641. The van der Waals surface area contributed by atoms with Gasteiger partial charge in [-0.25, -0.2) is 0 Å². The number of rotatable bonds is 18. The molecule has 1 rings (SSSR count). The first-order valence-electron chi connectivity index (χ1n) is 11.8. The number of ether oxygens (including phenoxy) is 1. The molecule has 0 spiro atoms. The molecule has 0 bridgehead atoms. The number of unbranched alkanes of at least 4 members (excludes halogenated alkanes) is 13. The zero-order chi connectivity index (χ0) is 20.3. The van der Waals surface area contributed by atoms with E-state index < -0.39 is 0 Å². The van der Waals surface area contributed by atoms with Gasteiger partial charge in [-0.15, -0.1) is 0 Å². The fourth-order valence-corrected chi connectivity index (χ4v) is 3.55. The molecule has 1 amide bonds. The van der Waals surface area contributed by atoms with E-state index in [0.717, 1.165) is 13.0 Å². The molecule has 0 saturated carbocycles. The van der Waals surface area contributed by atoms with E-state index in [2.05, 4.69) is 12.2 Å². The first kappa shape index (κ1) is 24.5. The fraction of sp³-hybridized carbons (Fsp3) is 0.720. The van der Waals surface area contributed by atoms with Crippen molar-refractivity contribution >= 4 is 5.91 Å². The minimum Gasteiger partial charge on any atom is -0.493 e. The lowest BCUT2D eigenvalue weighted by molar-refractivity contribution is 0.0949. The molecule has 0 aliphatic heterocycles. The van der Waals surface area contributed by atoms with E-state index in [-0.39, 0.29) is 5.91 Å². The molecule has 1 N–H and O–H groups in total. The lowest BCUT2D eigenvalue weighted by atomic mass is 10.0. The Bertz CT molecular complexity index is 501. The summed E-state index contributed by atoms with van der Waals surface area (Å²) in [6.07, 6.45) is 18.9. The van der Waals surface area contributed by atoms with Crippen LogP contribution in [0.4, 0.5) is 0 Å². The molecule has 0 fully saturated rings. The van der Waals surface area contributed by atoms with Gasteiger partial charge in [-0.2, -0.15) is 0 Å². The third-order valence-corrected chi connectivity index (χ3v) is 5.25. The molecule has 3 heteroatoms. The van der Waals surface area contributed by atoms with E-state index in [1.807, 2.05) is 31.2 Å². The summed E-state index contributed by atoms with van der Waals surface area (Å²) in [5, 5.41) is 3.02. The Balaban J connectivity index is 1.92. The lowest BCUT2D eigenvalue weighted by Crippen LogP contribution is -2.25. The summed E-state index contributed by atoms with van der Waals surface area (Å²) in [7, 11) is 0. The highest BCUT2D eigenvalue weighted by molar-refractivity contribution is 5.96. The van der Waals surface area contributed by atoms with Crippen molar-refractivity contribution in [3.8, 4) is 5.75 Å². The van der Waals surface area contributed by atoms with Crippen LogP contribution in [-0.2, 0) is 0 Å². The monoisotopic (exact) mass is 389 g/mol. The predicted octanol–water partition coefficient (Wildman–Crippen LogP) is 7.30. The van der Waals surface area contributed by atoms with Gasteiger partial charge in [-0.05, 0) is 25.5 Å². The maximum Gasteiger partial charge on any atom is 0.255 e. The van der Waals surface area contributed by atoms with E-state index >= 15 is 0 Å². The van der Waals surface area contributed by atoms with Gasteiger partial charge in [0.25, 0.3) is 5.91 Å². The highest BCUT2D eigenvalue weighted by Gasteiger charge is 2.10. The van der Waals surface area contributed by atoms with Crippen molar-refractivity contribution in [2.24, 2.45) is 0 Å². The maximum atomic E-state index is 12.3. The summed E-state index contributed by atoms with van der Waals surface area (Å²) in [5.41, 5.74) is 0.634. The Labute approximate surface area is 173 Å². The largest absolute Gasteiger partial charge is 0.493 e. The van der Waals surface area contributed by atoms with Crippen molar-refractivity contribution in [1.82, 2.24) is 5.32 Å². The molecule has 28 heavy (non-hydrogen) atoms. The topological polar surface area (TPSA) is 38.3 Å². The zero-order valence-electron chi connectivity index (χ0n) is 18.4. The molecule has 0 atom stereocenters. The van der Waals surface area contributed by atoms with Gasteiger partial charge in [-0.3, -0.25) is 4.79 Å². The van der Waals surface area contributed by atoms with Crippen LogP contribution in [0.1, 0.15) is 114 Å². The molecule has 160 valence electrons. The fourth-order valence-electron chi connectivity index (χ4n) is 3.55. The van der Waals surface area contributed by atoms with Crippen LogP contribution in [0.25, 0.3) is 0 Å². The molecule has 1 aromatic rings. The number of hydrogen-bond acceptors (Lipinski definition) is 2. The Morgan fingerprint density at radius 1 is 0.750 bits per heavy atom. The van der Waals surface area contributed by atoms with Gasteiger partial charge < -0.3 is 10.1 Å². The van der Waals surface area contributed by atoms with E-state index in [1.54, 1.807) is 0 Å². The molecule has 0 saturated heterocycles. The minimum absolute atomic E-state index is 0.0289. The van der Waals surface area contributed by atoms with Crippen LogP contribution in [-0.4, -0.2) is 19.1 Å². The second-order valence-corrected chi connectivity index (χ2v) is 7.78. The smallest absolute Gasteiger partial charge is 0.255 e. The Morgan fingerprint density at radius 2 is 1.25 bits per heavy atom. The molecule has 1 aromatic carbocycles. The Morgan fingerprint density at radius 3 is 1.79 bits per heavy atom. The predicted molar refractivity (Wildman–Crippen MR) is 120 cm³/mol. The van der Waals surface area contributed by atoms with Crippen LogP contribution < -0.4 is 10.1 Å².